The standard InChI is InChI=1S/C14H13NO5/c1-14-11(3-2-8-19-14)12(13(16)20-14)9-4-6-10(7-5-9)15(17)18/h4-7H,2-3,8H2,1H3/t14-/m0/s1. The number of hydrogen-bond acceptors (Lipinski definition) is 5. The number of hydrogen-bond donors (Lipinski definition) is 0. The number of nitro groups is 1. The van der Waals surface area contributed by atoms with Gasteiger partial charge in [-0.05, 0) is 30.5 Å². The van der Waals surface area contributed by atoms with Gasteiger partial charge in [-0.2, -0.15) is 0 Å². The van der Waals surface area contributed by atoms with Crippen LogP contribution in [0.3, 0.4) is 0 Å². The van der Waals surface area contributed by atoms with Crippen molar-refractivity contribution in [2.45, 2.75) is 25.6 Å². The molecule has 0 bridgehead atoms. The monoisotopic (exact) mass is 275 g/mol. The number of rotatable bonds is 2. The number of nitrogens with zero attached hydrogens (tertiary/aromatic N) is 1. The zero-order chi connectivity index (χ0) is 14.3. The van der Waals surface area contributed by atoms with Crippen LogP contribution in [0.5, 0.6) is 0 Å². The van der Waals surface area contributed by atoms with Crippen LogP contribution in [0.2, 0.25) is 0 Å². The molecule has 104 valence electrons. The highest BCUT2D eigenvalue weighted by atomic mass is 16.7. The first kappa shape index (κ1) is 12.8. The molecule has 0 aliphatic carbocycles. The van der Waals surface area contributed by atoms with E-state index in [1.54, 1.807) is 19.1 Å². The third-order valence-corrected chi connectivity index (χ3v) is 3.66. The molecule has 1 atom stereocenters. The lowest BCUT2D eigenvalue weighted by molar-refractivity contribution is -0.384. The Kier molecular flexibility index (Phi) is 2.83. The predicted octanol–water partition coefficient (Wildman–Crippen LogP) is 2.43. The Bertz CT molecular complexity index is 619. The fraction of sp³-hybridized carbons (Fsp3) is 0.357. The van der Waals surface area contributed by atoms with Crippen LogP contribution in [0.1, 0.15) is 25.3 Å². The molecule has 2 aliphatic heterocycles. The normalized spacial score (nSPS) is 25.4. The van der Waals surface area contributed by atoms with Crippen LogP contribution in [0, 0.1) is 10.1 Å². The first-order valence-corrected chi connectivity index (χ1v) is 6.37. The van der Waals surface area contributed by atoms with Crippen molar-refractivity contribution in [3.63, 3.8) is 0 Å². The second kappa shape index (κ2) is 4.42. The maximum absolute atomic E-state index is 12.1. The number of carbonyl (C=O) groups is 1. The quantitative estimate of drug-likeness (QED) is 0.470. The summed E-state index contributed by atoms with van der Waals surface area (Å²) in [7, 11) is 0. The first-order chi connectivity index (χ1) is 9.51. The van der Waals surface area contributed by atoms with Gasteiger partial charge in [0, 0.05) is 24.6 Å². The van der Waals surface area contributed by atoms with E-state index in [0.29, 0.717) is 17.7 Å². The Morgan fingerprint density at radius 2 is 2.00 bits per heavy atom. The zero-order valence-corrected chi connectivity index (χ0v) is 10.9. The summed E-state index contributed by atoms with van der Waals surface area (Å²) >= 11 is 0. The number of esters is 1. The lowest BCUT2D eigenvalue weighted by Gasteiger charge is -2.30. The average molecular weight is 275 g/mol. The molecular formula is C14H13NO5. The number of nitro benzene ring substituents is 1. The van der Waals surface area contributed by atoms with Crippen molar-refractivity contribution in [3.05, 3.63) is 45.5 Å². The maximum atomic E-state index is 12.1. The molecule has 0 spiro atoms. The number of fused-ring (bicyclic) bond motifs is 1. The third kappa shape index (κ3) is 1.89. The summed E-state index contributed by atoms with van der Waals surface area (Å²) in [5.74, 6) is -1.41. The molecule has 1 saturated heterocycles. The Balaban J connectivity index is 2.05. The highest BCUT2D eigenvalue weighted by molar-refractivity contribution is 6.20. The highest BCUT2D eigenvalue weighted by Crippen LogP contribution is 2.43. The molecule has 2 heterocycles. The topological polar surface area (TPSA) is 78.7 Å². The van der Waals surface area contributed by atoms with Gasteiger partial charge in [-0.3, -0.25) is 10.1 Å². The van der Waals surface area contributed by atoms with Crippen molar-refractivity contribution in [1.29, 1.82) is 0 Å². The minimum Gasteiger partial charge on any atom is -0.426 e. The summed E-state index contributed by atoms with van der Waals surface area (Å²) in [6, 6.07) is 5.91. The Labute approximate surface area is 115 Å². The van der Waals surface area contributed by atoms with Gasteiger partial charge in [0.2, 0.25) is 5.79 Å². The van der Waals surface area contributed by atoms with Gasteiger partial charge < -0.3 is 9.47 Å². The molecule has 0 unspecified atom stereocenters. The SMILES string of the molecule is C[C@@]12OCCCC1=C(c1ccc([N+](=O)[O-])cc1)C(=O)O2. The number of ether oxygens (including phenoxy) is 2. The van der Waals surface area contributed by atoms with Crippen molar-refractivity contribution in [3.8, 4) is 0 Å². The molecule has 6 heteroatoms. The van der Waals surface area contributed by atoms with E-state index in [1.807, 2.05) is 0 Å². The molecule has 0 saturated carbocycles. The summed E-state index contributed by atoms with van der Waals surface area (Å²) in [5, 5.41) is 10.7. The lowest BCUT2D eigenvalue weighted by Crippen LogP contribution is -2.35. The molecule has 20 heavy (non-hydrogen) atoms. The van der Waals surface area contributed by atoms with E-state index in [4.69, 9.17) is 9.47 Å². The molecule has 0 N–H and O–H groups in total. The van der Waals surface area contributed by atoms with Crippen LogP contribution in [0.15, 0.2) is 29.8 Å². The molecule has 0 amide bonds. The van der Waals surface area contributed by atoms with Gasteiger partial charge in [0.05, 0.1) is 17.1 Å². The van der Waals surface area contributed by atoms with Gasteiger partial charge in [0.25, 0.3) is 5.69 Å². The second-order valence-corrected chi connectivity index (χ2v) is 4.94. The van der Waals surface area contributed by atoms with Gasteiger partial charge in [-0.25, -0.2) is 4.79 Å². The summed E-state index contributed by atoms with van der Waals surface area (Å²) in [6.07, 6.45) is 1.56. The molecule has 1 aromatic rings. The largest absolute Gasteiger partial charge is 0.426 e. The van der Waals surface area contributed by atoms with Crippen LogP contribution in [0.25, 0.3) is 5.57 Å². The summed E-state index contributed by atoms with van der Waals surface area (Å²) in [5.41, 5.74) is 1.92. The van der Waals surface area contributed by atoms with Gasteiger partial charge in [-0.15, -0.1) is 0 Å². The van der Waals surface area contributed by atoms with E-state index in [-0.39, 0.29) is 5.69 Å². The lowest BCUT2D eigenvalue weighted by atomic mass is 9.92. The minimum atomic E-state index is -0.980. The van der Waals surface area contributed by atoms with Crippen molar-refractivity contribution in [1.82, 2.24) is 0 Å². The first-order valence-electron chi connectivity index (χ1n) is 6.37. The Morgan fingerprint density at radius 1 is 1.30 bits per heavy atom. The van der Waals surface area contributed by atoms with Gasteiger partial charge in [-0.1, -0.05) is 0 Å². The van der Waals surface area contributed by atoms with E-state index in [0.717, 1.165) is 18.4 Å². The fourth-order valence-electron chi connectivity index (χ4n) is 2.67. The molecule has 1 aromatic carbocycles. The predicted molar refractivity (Wildman–Crippen MR) is 69.7 cm³/mol. The average Bonchev–Trinajstić information content (AvgIpc) is 2.68. The van der Waals surface area contributed by atoms with Crippen LogP contribution in [-0.2, 0) is 14.3 Å². The van der Waals surface area contributed by atoms with Crippen LogP contribution < -0.4 is 0 Å². The zero-order valence-electron chi connectivity index (χ0n) is 10.9. The molecule has 3 rings (SSSR count). The van der Waals surface area contributed by atoms with E-state index >= 15 is 0 Å². The van der Waals surface area contributed by atoms with E-state index in [2.05, 4.69) is 0 Å². The smallest absolute Gasteiger partial charge is 0.341 e. The Morgan fingerprint density at radius 3 is 2.65 bits per heavy atom. The second-order valence-electron chi connectivity index (χ2n) is 4.94. The fourth-order valence-corrected chi connectivity index (χ4v) is 2.67. The summed E-state index contributed by atoms with van der Waals surface area (Å²) in [6.45, 7) is 2.29. The highest BCUT2D eigenvalue weighted by Gasteiger charge is 2.46. The van der Waals surface area contributed by atoms with Crippen molar-refractivity contribution >= 4 is 17.2 Å². The minimum absolute atomic E-state index is 0.00614. The summed E-state index contributed by atoms with van der Waals surface area (Å²) in [4.78, 5) is 22.3. The van der Waals surface area contributed by atoms with E-state index in [9.17, 15) is 14.9 Å². The van der Waals surface area contributed by atoms with Crippen molar-refractivity contribution < 1.29 is 19.2 Å². The molecule has 6 nitrogen and oxygen atoms in total. The molecule has 0 aromatic heterocycles. The summed E-state index contributed by atoms with van der Waals surface area (Å²) < 4.78 is 10.9. The molecule has 1 fully saturated rings. The van der Waals surface area contributed by atoms with Gasteiger partial charge >= 0.3 is 5.97 Å². The van der Waals surface area contributed by atoms with Gasteiger partial charge in [0.15, 0.2) is 0 Å². The van der Waals surface area contributed by atoms with Gasteiger partial charge in [0.1, 0.15) is 0 Å². The van der Waals surface area contributed by atoms with Crippen LogP contribution >= 0.6 is 0 Å². The molecular weight excluding hydrogens is 262 g/mol. The Hall–Kier alpha value is -2.21. The molecule has 2 aliphatic rings. The number of benzene rings is 1. The van der Waals surface area contributed by atoms with Crippen molar-refractivity contribution in [2.75, 3.05) is 6.61 Å². The van der Waals surface area contributed by atoms with E-state index in [1.165, 1.54) is 12.1 Å². The third-order valence-electron chi connectivity index (χ3n) is 3.66. The maximum Gasteiger partial charge on any atom is 0.341 e. The van der Waals surface area contributed by atoms with E-state index < -0.39 is 16.7 Å². The van der Waals surface area contributed by atoms with Crippen LogP contribution in [-0.4, -0.2) is 23.3 Å². The number of non-ortho nitro benzene ring substituents is 1. The van der Waals surface area contributed by atoms with Crippen molar-refractivity contribution in [2.24, 2.45) is 0 Å². The van der Waals surface area contributed by atoms with Crippen LogP contribution in [0.4, 0.5) is 5.69 Å². The number of carbonyl (C=O) groups excluding carboxylic acids is 1. The molecule has 0 radical (unpaired) electrons.